The fraction of sp³-hybridized carbons (Fsp3) is 0.235. The number of ketones is 1. The average Bonchev–Trinajstić information content (AvgIpc) is 3.29. The quantitative estimate of drug-likeness (QED) is 0.271. The Labute approximate surface area is 234 Å². The van der Waals surface area contributed by atoms with Crippen molar-refractivity contribution in [1.82, 2.24) is 0 Å². The van der Waals surface area contributed by atoms with Gasteiger partial charge >= 0.3 is 0 Å². The number of Topliss-reactive ketones (excluding diaryl/α,β-unsaturated/α-hetero) is 1. The smallest absolute Gasteiger partial charge is 0.203 e. The second-order valence-corrected chi connectivity index (χ2v) is 10.2. The van der Waals surface area contributed by atoms with Gasteiger partial charge in [-0.25, -0.2) is 0 Å². The van der Waals surface area contributed by atoms with Crippen LogP contribution in [0.5, 0.6) is 17.2 Å². The second-order valence-electron chi connectivity index (χ2n) is 10.2. The first-order valence-electron chi connectivity index (χ1n) is 13.5. The molecule has 4 aromatic rings. The number of nitrogens with zero attached hydrogens (tertiary/aromatic N) is 2. The maximum Gasteiger partial charge on any atom is 0.203 e. The summed E-state index contributed by atoms with van der Waals surface area (Å²) < 4.78 is 17.2. The van der Waals surface area contributed by atoms with Gasteiger partial charge in [0.15, 0.2) is 17.3 Å². The zero-order chi connectivity index (χ0) is 27.7. The molecule has 2 unspecified atom stereocenters. The van der Waals surface area contributed by atoms with E-state index in [0.717, 1.165) is 46.5 Å². The van der Waals surface area contributed by atoms with Crippen LogP contribution < -0.4 is 19.2 Å². The van der Waals surface area contributed by atoms with E-state index in [0.29, 0.717) is 23.7 Å². The average molecular weight is 533 g/mol. The van der Waals surface area contributed by atoms with Gasteiger partial charge < -0.3 is 14.2 Å². The molecule has 0 N–H and O–H groups in total. The SMILES string of the molecule is COc1cc(C2N(c3ccccc3)N=C(c3ccccc3)C23CCCc2ccccc2C3=O)cc(OC)c1OC. The number of anilines is 1. The number of hydrazone groups is 1. The molecule has 0 radical (unpaired) electrons. The van der Waals surface area contributed by atoms with Crippen molar-refractivity contribution in [3.8, 4) is 17.2 Å². The largest absolute Gasteiger partial charge is 0.493 e. The van der Waals surface area contributed by atoms with Gasteiger partial charge in [-0.1, -0.05) is 72.8 Å². The van der Waals surface area contributed by atoms with E-state index in [1.807, 2.05) is 96.0 Å². The van der Waals surface area contributed by atoms with E-state index < -0.39 is 11.5 Å². The molecule has 2 aliphatic rings. The molecule has 202 valence electrons. The number of rotatable bonds is 6. The van der Waals surface area contributed by atoms with Crippen LogP contribution in [0.3, 0.4) is 0 Å². The van der Waals surface area contributed by atoms with Gasteiger partial charge in [-0.2, -0.15) is 5.10 Å². The zero-order valence-electron chi connectivity index (χ0n) is 23.0. The molecule has 0 fully saturated rings. The lowest BCUT2D eigenvalue weighted by molar-refractivity contribution is 0.0843. The third-order valence-electron chi connectivity index (χ3n) is 8.10. The summed E-state index contributed by atoms with van der Waals surface area (Å²) >= 11 is 0. The zero-order valence-corrected chi connectivity index (χ0v) is 23.0. The highest BCUT2D eigenvalue weighted by atomic mass is 16.5. The van der Waals surface area contributed by atoms with Gasteiger partial charge in [-0.15, -0.1) is 0 Å². The van der Waals surface area contributed by atoms with E-state index in [9.17, 15) is 0 Å². The summed E-state index contributed by atoms with van der Waals surface area (Å²) in [6.07, 6.45) is 2.32. The summed E-state index contributed by atoms with van der Waals surface area (Å²) in [7, 11) is 4.81. The highest BCUT2D eigenvalue weighted by Crippen LogP contribution is 2.56. The molecule has 1 heterocycles. The second kappa shape index (κ2) is 10.5. The molecule has 1 aliphatic heterocycles. The van der Waals surface area contributed by atoms with Crippen molar-refractivity contribution < 1.29 is 19.0 Å². The van der Waals surface area contributed by atoms with E-state index in [1.54, 1.807) is 21.3 Å². The Balaban J connectivity index is 1.67. The highest BCUT2D eigenvalue weighted by Gasteiger charge is 2.58. The molecule has 0 amide bonds. The number of aryl methyl sites for hydroxylation is 1. The first-order chi connectivity index (χ1) is 19.6. The van der Waals surface area contributed by atoms with Crippen molar-refractivity contribution >= 4 is 17.2 Å². The Kier molecular flexibility index (Phi) is 6.76. The minimum absolute atomic E-state index is 0.0837. The monoisotopic (exact) mass is 532 g/mol. The topological polar surface area (TPSA) is 60.4 Å². The lowest BCUT2D eigenvalue weighted by Gasteiger charge is -2.38. The van der Waals surface area contributed by atoms with Gasteiger partial charge in [0.1, 0.15) is 5.41 Å². The van der Waals surface area contributed by atoms with Crippen LogP contribution >= 0.6 is 0 Å². The number of methoxy groups -OCH3 is 3. The molecule has 6 rings (SSSR count). The van der Waals surface area contributed by atoms with Crippen LogP contribution in [0.2, 0.25) is 0 Å². The molecule has 40 heavy (non-hydrogen) atoms. The number of para-hydroxylation sites is 1. The lowest BCUT2D eigenvalue weighted by Crippen LogP contribution is -2.44. The van der Waals surface area contributed by atoms with Crippen LogP contribution in [0.1, 0.15) is 45.9 Å². The minimum atomic E-state index is -0.964. The van der Waals surface area contributed by atoms with Gasteiger partial charge in [0, 0.05) is 5.56 Å². The minimum Gasteiger partial charge on any atom is -0.493 e. The highest BCUT2D eigenvalue weighted by molar-refractivity contribution is 6.24. The van der Waals surface area contributed by atoms with Crippen molar-refractivity contribution in [2.75, 3.05) is 26.3 Å². The third-order valence-corrected chi connectivity index (χ3v) is 8.10. The molecular formula is C34H32N2O4. The third kappa shape index (κ3) is 4.02. The maximum absolute atomic E-state index is 15.0. The summed E-state index contributed by atoms with van der Waals surface area (Å²) in [6.45, 7) is 0. The Hall–Kier alpha value is -4.58. The predicted octanol–water partition coefficient (Wildman–Crippen LogP) is 6.88. The van der Waals surface area contributed by atoms with Crippen molar-refractivity contribution in [2.24, 2.45) is 10.5 Å². The van der Waals surface area contributed by atoms with Crippen molar-refractivity contribution in [2.45, 2.75) is 25.3 Å². The van der Waals surface area contributed by atoms with Gasteiger partial charge in [0.05, 0.1) is 38.8 Å². The van der Waals surface area contributed by atoms with Crippen LogP contribution in [-0.4, -0.2) is 32.8 Å². The fourth-order valence-electron chi connectivity index (χ4n) is 6.33. The summed E-state index contributed by atoms with van der Waals surface area (Å²) in [5.74, 6) is 1.67. The first kappa shape index (κ1) is 25.7. The Morgan fingerprint density at radius 3 is 2.08 bits per heavy atom. The molecule has 1 spiro atoms. The van der Waals surface area contributed by atoms with Crippen molar-refractivity contribution in [3.05, 3.63) is 119 Å². The number of fused-ring (bicyclic) bond motifs is 1. The number of benzene rings is 4. The number of ether oxygens (including phenoxy) is 3. The Morgan fingerprint density at radius 1 is 0.800 bits per heavy atom. The Morgan fingerprint density at radius 2 is 1.43 bits per heavy atom. The van der Waals surface area contributed by atoms with Crippen LogP contribution in [0.15, 0.2) is 102 Å². The van der Waals surface area contributed by atoms with Crippen molar-refractivity contribution in [3.63, 3.8) is 0 Å². The molecule has 6 heteroatoms. The summed E-state index contributed by atoms with van der Waals surface area (Å²) in [4.78, 5) is 15.0. The molecule has 0 aromatic heterocycles. The first-order valence-corrected chi connectivity index (χ1v) is 13.5. The number of hydrogen-bond acceptors (Lipinski definition) is 6. The molecule has 2 atom stereocenters. The van der Waals surface area contributed by atoms with Gasteiger partial charge in [0.25, 0.3) is 0 Å². The molecule has 0 saturated heterocycles. The lowest BCUT2D eigenvalue weighted by atomic mass is 9.65. The summed E-state index contributed by atoms with van der Waals surface area (Å²) in [5.41, 5.74) is 4.35. The van der Waals surface area contributed by atoms with Gasteiger partial charge in [0.2, 0.25) is 5.75 Å². The van der Waals surface area contributed by atoms with Crippen LogP contribution in [-0.2, 0) is 6.42 Å². The molecule has 0 saturated carbocycles. The van der Waals surface area contributed by atoms with E-state index >= 15 is 4.79 Å². The molecule has 4 aromatic carbocycles. The number of hydrogen-bond donors (Lipinski definition) is 0. The summed E-state index contributed by atoms with van der Waals surface area (Å²) in [6, 6.07) is 31.6. The normalized spacial score (nSPS) is 20.1. The van der Waals surface area contributed by atoms with Crippen LogP contribution in [0.25, 0.3) is 0 Å². The van der Waals surface area contributed by atoms with E-state index in [2.05, 4.69) is 6.07 Å². The molecule has 6 nitrogen and oxygen atoms in total. The van der Waals surface area contributed by atoms with Crippen LogP contribution in [0.4, 0.5) is 5.69 Å². The molecular weight excluding hydrogens is 500 g/mol. The standard InChI is InChI=1S/C34H32N2O4/c1-38-28-21-25(22-29(39-2)30(28)40-3)32-34(20-12-16-23-13-10-11-19-27(23)33(34)37)31(24-14-6-4-7-15-24)35-36(32)26-17-8-5-9-18-26/h4-11,13-15,17-19,21-22,32H,12,16,20H2,1-3H3. The van der Waals surface area contributed by atoms with Crippen LogP contribution in [0, 0.1) is 5.41 Å². The number of carbonyl (C=O) groups is 1. The fourth-order valence-corrected chi connectivity index (χ4v) is 6.33. The van der Waals surface area contributed by atoms with Gasteiger partial charge in [-0.05, 0) is 60.2 Å². The summed E-state index contributed by atoms with van der Waals surface area (Å²) in [5, 5.41) is 7.31. The Bertz CT molecular complexity index is 1540. The van der Waals surface area contributed by atoms with E-state index in [-0.39, 0.29) is 5.78 Å². The van der Waals surface area contributed by atoms with E-state index in [4.69, 9.17) is 19.3 Å². The van der Waals surface area contributed by atoms with Crippen molar-refractivity contribution in [1.29, 1.82) is 0 Å². The van der Waals surface area contributed by atoms with Gasteiger partial charge in [-0.3, -0.25) is 9.80 Å². The maximum atomic E-state index is 15.0. The molecule has 0 bridgehead atoms. The number of carbonyl (C=O) groups excluding carboxylic acids is 1. The predicted molar refractivity (Wildman–Crippen MR) is 157 cm³/mol. The molecule has 1 aliphatic carbocycles. The van der Waals surface area contributed by atoms with E-state index in [1.165, 1.54) is 0 Å².